The molecule has 0 aliphatic carbocycles. The Morgan fingerprint density at radius 2 is 1.62 bits per heavy atom. The molecule has 122 valence electrons. The summed E-state index contributed by atoms with van der Waals surface area (Å²) in [5.74, 6) is 0. The van der Waals surface area contributed by atoms with Crippen LogP contribution in [-0.2, 0) is 0 Å². The predicted octanol–water partition coefficient (Wildman–Crippen LogP) is 5.67. The molecule has 26 heavy (non-hydrogen) atoms. The molecule has 6 aromatic rings. The standard InChI is InChI=1S/C20H10N4S2/c1-2-13-14-3-4-16(24-20(14)26-18(13)22-6-1)11-8-15-12-5-7-21-10-17(12)25-19(15)23-9-11/h1-10H. The third-order valence-corrected chi connectivity index (χ3v) is 6.63. The van der Waals surface area contributed by atoms with Crippen molar-refractivity contribution in [3.8, 4) is 11.3 Å². The number of fused-ring (bicyclic) bond motifs is 6. The second-order valence-electron chi connectivity index (χ2n) is 6.06. The fourth-order valence-corrected chi connectivity index (χ4v) is 5.32. The van der Waals surface area contributed by atoms with Crippen LogP contribution in [-0.4, -0.2) is 19.9 Å². The zero-order valence-electron chi connectivity index (χ0n) is 13.4. The van der Waals surface area contributed by atoms with Crippen molar-refractivity contribution in [2.24, 2.45) is 0 Å². The molecule has 0 saturated carbocycles. The number of thiophene rings is 2. The summed E-state index contributed by atoms with van der Waals surface area (Å²) in [6.45, 7) is 0. The number of aromatic nitrogens is 4. The molecule has 6 heterocycles. The molecular formula is C20H10N4S2. The van der Waals surface area contributed by atoms with Crippen LogP contribution in [0.2, 0.25) is 0 Å². The van der Waals surface area contributed by atoms with E-state index in [0.717, 1.165) is 46.6 Å². The minimum Gasteiger partial charge on any atom is -0.263 e. The summed E-state index contributed by atoms with van der Waals surface area (Å²) < 4.78 is 1.16. The zero-order chi connectivity index (χ0) is 17.1. The summed E-state index contributed by atoms with van der Waals surface area (Å²) in [5.41, 5.74) is 1.97. The first kappa shape index (κ1) is 14.2. The highest BCUT2D eigenvalue weighted by Crippen LogP contribution is 2.36. The Morgan fingerprint density at radius 1 is 0.692 bits per heavy atom. The largest absolute Gasteiger partial charge is 0.263 e. The van der Waals surface area contributed by atoms with E-state index < -0.39 is 0 Å². The van der Waals surface area contributed by atoms with Crippen LogP contribution in [0, 0.1) is 0 Å². The van der Waals surface area contributed by atoms with Gasteiger partial charge in [-0.25, -0.2) is 15.0 Å². The van der Waals surface area contributed by atoms with Gasteiger partial charge in [-0.2, -0.15) is 0 Å². The van der Waals surface area contributed by atoms with Crippen molar-refractivity contribution in [2.75, 3.05) is 0 Å². The number of hydrogen-bond acceptors (Lipinski definition) is 6. The Balaban J connectivity index is 1.59. The highest BCUT2D eigenvalue weighted by molar-refractivity contribution is 7.25. The summed E-state index contributed by atoms with van der Waals surface area (Å²) in [5, 5.41) is 4.67. The fourth-order valence-electron chi connectivity index (χ4n) is 3.31. The van der Waals surface area contributed by atoms with Crippen LogP contribution in [0.4, 0.5) is 0 Å². The van der Waals surface area contributed by atoms with Gasteiger partial charge in [0.1, 0.15) is 14.5 Å². The monoisotopic (exact) mass is 370 g/mol. The fraction of sp³-hybridized carbons (Fsp3) is 0. The summed E-state index contributed by atoms with van der Waals surface area (Å²) in [4.78, 5) is 21.3. The molecule has 0 aliphatic rings. The van der Waals surface area contributed by atoms with E-state index >= 15 is 0 Å². The van der Waals surface area contributed by atoms with Gasteiger partial charge in [-0.3, -0.25) is 4.98 Å². The van der Waals surface area contributed by atoms with E-state index in [2.05, 4.69) is 39.2 Å². The van der Waals surface area contributed by atoms with Crippen molar-refractivity contribution in [1.82, 2.24) is 19.9 Å². The van der Waals surface area contributed by atoms with Gasteiger partial charge in [0.05, 0.1) is 10.4 Å². The maximum Gasteiger partial charge on any atom is 0.126 e. The predicted molar refractivity (Wildman–Crippen MR) is 109 cm³/mol. The quantitative estimate of drug-likeness (QED) is 0.374. The number of rotatable bonds is 1. The maximum atomic E-state index is 4.88. The van der Waals surface area contributed by atoms with Gasteiger partial charge in [0.15, 0.2) is 0 Å². The Kier molecular flexibility index (Phi) is 2.88. The van der Waals surface area contributed by atoms with E-state index in [-0.39, 0.29) is 0 Å². The third-order valence-electron chi connectivity index (χ3n) is 4.54. The molecule has 0 aromatic carbocycles. The molecule has 0 N–H and O–H groups in total. The Hall–Kier alpha value is -2.96. The van der Waals surface area contributed by atoms with E-state index in [1.807, 2.05) is 36.9 Å². The smallest absolute Gasteiger partial charge is 0.126 e. The van der Waals surface area contributed by atoms with E-state index in [1.165, 1.54) is 5.39 Å². The molecule has 0 fully saturated rings. The zero-order valence-corrected chi connectivity index (χ0v) is 15.0. The molecule has 0 amide bonds. The molecule has 6 aromatic heterocycles. The Labute approximate surface area is 155 Å². The average molecular weight is 370 g/mol. The highest BCUT2D eigenvalue weighted by Gasteiger charge is 2.11. The van der Waals surface area contributed by atoms with Gasteiger partial charge in [0.25, 0.3) is 0 Å². The topological polar surface area (TPSA) is 51.6 Å². The van der Waals surface area contributed by atoms with Gasteiger partial charge in [0.2, 0.25) is 0 Å². The van der Waals surface area contributed by atoms with Gasteiger partial charge in [-0.15, -0.1) is 11.3 Å². The van der Waals surface area contributed by atoms with Gasteiger partial charge in [-0.1, -0.05) is 11.3 Å². The maximum absolute atomic E-state index is 4.88. The molecule has 0 spiro atoms. The number of hydrogen-bond donors (Lipinski definition) is 0. The van der Waals surface area contributed by atoms with Crippen LogP contribution in [0.15, 0.2) is 61.2 Å². The molecule has 0 unspecified atom stereocenters. The van der Waals surface area contributed by atoms with Crippen LogP contribution < -0.4 is 0 Å². The van der Waals surface area contributed by atoms with E-state index in [1.54, 1.807) is 22.7 Å². The van der Waals surface area contributed by atoms with Crippen molar-refractivity contribution in [1.29, 1.82) is 0 Å². The van der Waals surface area contributed by atoms with Crippen LogP contribution in [0.3, 0.4) is 0 Å². The van der Waals surface area contributed by atoms with Crippen molar-refractivity contribution in [3.05, 3.63) is 61.2 Å². The lowest BCUT2D eigenvalue weighted by Gasteiger charge is -2.01. The molecule has 0 bridgehead atoms. The summed E-state index contributed by atoms with van der Waals surface area (Å²) in [6.07, 6.45) is 7.46. The third kappa shape index (κ3) is 2.00. The Bertz CT molecular complexity index is 1450. The summed E-state index contributed by atoms with van der Waals surface area (Å²) in [6, 6.07) is 12.5. The molecule has 0 aliphatic heterocycles. The molecular weight excluding hydrogens is 360 g/mol. The van der Waals surface area contributed by atoms with Crippen LogP contribution in [0.5, 0.6) is 0 Å². The van der Waals surface area contributed by atoms with Gasteiger partial charge in [-0.05, 0) is 36.4 Å². The lowest BCUT2D eigenvalue weighted by Crippen LogP contribution is -1.84. The average Bonchev–Trinajstić information content (AvgIpc) is 3.25. The first-order valence-corrected chi connectivity index (χ1v) is 9.77. The van der Waals surface area contributed by atoms with Gasteiger partial charge in [0, 0.05) is 51.9 Å². The van der Waals surface area contributed by atoms with Crippen molar-refractivity contribution >= 4 is 63.4 Å². The summed E-state index contributed by atoms with van der Waals surface area (Å²) >= 11 is 3.30. The van der Waals surface area contributed by atoms with Crippen molar-refractivity contribution < 1.29 is 0 Å². The first-order valence-electron chi connectivity index (χ1n) is 8.14. The first-order chi connectivity index (χ1) is 12.9. The SMILES string of the molecule is c1cnc2sc3nc(-c4cnc5sc6cnccc6c5c4)ccc3c2c1. The molecule has 0 atom stereocenters. The molecule has 0 saturated heterocycles. The molecule has 4 nitrogen and oxygen atoms in total. The minimum absolute atomic E-state index is 0.937. The van der Waals surface area contributed by atoms with Crippen LogP contribution in [0.25, 0.3) is 52.0 Å². The van der Waals surface area contributed by atoms with E-state index in [9.17, 15) is 0 Å². The molecule has 6 rings (SSSR count). The van der Waals surface area contributed by atoms with Crippen LogP contribution in [0.1, 0.15) is 0 Å². The second kappa shape index (κ2) is 5.27. The lowest BCUT2D eigenvalue weighted by molar-refractivity contribution is 1.37. The normalized spacial score (nSPS) is 11.8. The highest BCUT2D eigenvalue weighted by atomic mass is 32.1. The molecule has 0 radical (unpaired) electrons. The van der Waals surface area contributed by atoms with E-state index in [0.29, 0.717) is 0 Å². The lowest BCUT2D eigenvalue weighted by atomic mass is 10.1. The van der Waals surface area contributed by atoms with E-state index in [4.69, 9.17) is 4.98 Å². The second-order valence-corrected chi connectivity index (χ2v) is 8.07. The van der Waals surface area contributed by atoms with Crippen molar-refractivity contribution in [3.63, 3.8) is 0 Å². The van der Waals surface area contributed by atoms with Crippen LogP contribution >= 0.6 is 22.7 Å². The minimum atomic E-state index is 0.937. The summed E-state index contributed by atoms with van der Waals surface area (Å²) in [7, 11) is 0. The molecule has 6 heteroatoms. The number of nitrogens with zero attached hydrogens (tertiary/aromatic N) is 4. The van der Waals surface area contributed by atoms with Crippen molar-refractivity contribution in [2.45, 2.75) is 0 Å². The van der Waals surface area contributed by atoms with Gasteiger partial charge < -0.3 is 0 Å². The number of pyridine rings is 4. The Morgan fingerprint density at radius 3 is 2.62 bits per heavy atom. The van der Waals surface area contributed by atoms with Gasteiger partial charge >= 0.3 is 0 Å².